The van der Waals surface area contributed by atoms with E-state index in [1.807, 2.05) is 6.92 Å². The van der Waals surface area contributed by atoms with Crippen LogP contribution in [0.4, 0.5) is 0 Å². The molecule has 0 saturated heterocycles. The van der Waals surface area contributed by atoms with Gasteiger partial charge in [-0.3, -0.25) is 4.21 Å². The minimum absolute atomic E-state index is 0.472. The highest BCUT2D eigenvalue weighted by Gasteiger charge is 2.29. The van der Waals surface area contributed by atoms with Crippen LogP contribution in [0.1, 0.15) is 33.1 Å². The van der Waals surface area contributed by atoms with E-state index in [9.17, 15) is 4.21 Å². The van der Waals surface area contributed by atoms with Crippen molar-refractivity contribution in [1.82, 2.24) is 5.32 Å². The van der Waals surface area contributed by atoms with Crippen molar-refractivity contribution in [2.75, 3.05) is 18.6 Å². The lowest BCUT2D eigenvalue weighted by Gasteiger charge is -2.37. The van der Waals surface area contributed by atoms with E-state index in [2.05, 4.69) is 12.2 Å². The smallest absolute Gasteiger partial charge is 0.0604 e. The number of nitrogens with one attached hydrogen (secondary N) is 1. The molecule has 3 nitrogen and oxygen atoms in total. The predicted octanol–water partition coefficient (Wildman–Crippen LogP) is 1.30. The van der Waals surface area contributed by atoms with Gasteiger partial charge in [-0.15, -0.1) is 0 Å². The van der Waals surface area contributed by atoms with E-state index in [1.54, 1.807) is 6.26 Å². The molecule has 0 aromatic heterocycles. The molecule has 1 aliphatic carbocycles. The lowest BCUT2D eigenvalue weighted by Crippen LogP contribution is -2.48. The van der Waals surface area contributed by atoms with Crippen LogP contribution in [-0.4, -0.2) is 41.0 Å². The molecule has 90 valence electrons. The molecular weight excluding hydrogens is 210 g/mol. The number of ether oxygens (including phenoxy) is 1. The van der Waals surface area contributed by atoms with Gasteiger partial charge in [-0.2, -0.15) is 0 Å². The van der Waals surface area contributed by atoms with Crippen molar-refractivity contribution >= 4 is 10.8 Å². The molecule has 2 unspecified atom stereocenters. The molecule has 1 rings (SSSR count). The second-order valence-corrected chi connectivity index (χ2v) is 5.93. The van der Waals surface area contributed by atoms with Crippen LogP contribution < -0.4 is 5.32 Å². The normalized spacial score (nSPS) is 29.5. The lowest BCUT2D eigenvalue weighted by atomic mass is 9.88. The Hall–Kier alpha value is 0.0700. The van der Waals surface area contributed by atoms with E-state index >= 15 is 0 Å². The van der Waals surface area contributed by atoms with Crippen molar-refractivity contribution < 1.29 is 8.95 Å². The summed E-state index contributed by atoms with van der Waals surface area (Å²) in [5.41, 5.74) is 0. The Kier molecular flexibility index (Phi) is 5.79. The first kappa shape index (κ1) is 13.1. The summed E-state index contributed by atoms with van der Waals surface area (Å²) in [6, 6.07) is 1.09. The Morgan fingerprint density at radius 3 is 2.73 bits per heavy atom. The van der Waals surface area contributed by atoms with Gasteiger partial charge in [-0.1, -0.05) is 0 Å². The Morgan fingerprint density at radius 2 is 2.20 bits per heavy atom. The van der Waals surface area contributed by atoms with Gasteiger partial charge < -0.3 is 10.1 Å². The van der Waals surface area contributed by atoms with Gasteiger partial charge in [0.25, 0.3) is 0 Å². The molecule has 2 atom stereocenters. The van der Waals surface area contributed by atoms with Crippen LogP contribution in [0.15, 0.2) is 0 Å². The SMILES string of the molecule is CCOC1CC(NC(C)CCS(C)=O)C1. The third kappa shape index (κ3) is 5.09. The summed E-state index contributed by atoms with van der Waals surface area (Å²) in [4.78, 5) is 0. The van der Waals surface area contributed by atoms with E-state index in [4.69, 9.17) is 4.74 Å². The number of hydrogen-bond acceptors (Lipinski definition) is 3. The summed E-state index contributed by atoms with van der Waals surface area (Å²) < 4.78 is 16.4. The fourth-order valence-corrected chi connectivity index (χ4v) is 2.59. The molecule has 0 aromatic carbocycles. The third-order valence-electron chi connectivity index (χ3n) is 2.86. The fraction of sp³-hybridized carbons (Fsp3) is 1.00. The summed E-state index contributed by atoms with van der Waals surface area (Å²) in [6.45, 7) is 5.03. The van der Waals surface area contributed by atoms with Gasteiger partial charge in [0.15, 0.2) is 0 Å². The topological polar surface area (TPSA) is 38.3 Å². The van der Waals surface area contributed by atoms with Crippen LogP contribution in [0.2, 0.25) is 0 Å². The zero-order valence-corrected chi connectivity index (χ0v) is 10.8. The third-order valence-corrected chi connectivity index (χ3v) is 3.67. The van der Waals surface area contributed by atoms with Gasteiger partial charge in [-0.25, -0.2) is 0 Å². The number of hydrogen-bond donors (Lipinski definition) is 1. The van der Waals surface area contributed by atoms with Gasteiger partial charge >= 0.3 is 0 Å². The van der Waals surface area contributed by atoms with Crippen molar-refractivity contribution in [3.05, 3.63) is 0 Å². The summed E-state index contributed by atoms with van der Waals surface area (Å²) in [7, 11) is -0.660. The van der Waals surface area contributed by atoms with Crippen LogP contribution in [0.3, 0.4) is 0 Å². The average molecular weight is 233 g/mol. The average Bonchev–Trinajstić information content (AvgIpc) is 2.11. The van der Waals surface area contributed by atoms with E-state index in [0.29, 0.717) is 18.2 Å². The highest BCUT2D eigenvalue weighted by molar-refractivity contribution is 7.84. The van der Waals surface area contributed by atoms with Gasteiger partial charge in [-0.05, 0) is 33.1 Å². The van der Waals surface area contributed by atoms with Gasteiger partial charge in [0.05, 0.1) is 6.10 Å². The first-order valence-corrected chi connectivity index (χ1v) is 7.52. The summed E-state index contributed by atoms with van der Waals surface area (Å²) in [5, 5.41) is 3.55. The molecule has 0 radical (unpaired) electrons. The molecule has 0 bridgehead atoms. The van der Waals surface area contributed by atoms with Crippen LogP contribution in [0.5, 0.6) is 0 Å². The molecule has 0 heterocycles. The summed E-state index contributed by atoms with van der Waals surface area (Å²) in [5.74, 6) is 0.801. The first-order chi connectivity index (χ1) is 7.11. The van der Waals surface area contributed by atoms with Crippen molar-refractivity contribution in [1.29, 1.82) is 0 Å². The van der Waals surface area contributed by atoms with Gasteiger partial charge in [0, 0.05) is 41.5 Å². The molecule has 1 fully saturated rings. The highest BCUT2D eigenvalue weighted by atomic mass is 32.2. The Morgan fingerprint density at radius 1 is 1.53 bits per heavy atom. The monoisotopic (exact) mass is 233 g/mol. The minimum atomic E-state index is -0.660. The molecule has 0 aliphatic heterocycles. The molecule has 0 aromatic rings. The Labute approximate surface area is 95.4 Å². The second kappa shape index (κ2) is 6.61. The van der Waals surface area contributed by atoms with Crippen molar-refractivity contribution in [2.45, 2.75) is 51.3 Å². The minimum Gasteiger partial charge on any atom is -0.378 e. The Balaban J connectivity index is 2.03. The molecule has 1 aliphatic rings. The molecular formula is C11H23NO2S. The summed E-state index contributed by atoms with van der Waals surface area (Å²) >= 11 is 0. The van der Waals surface area contributed by atoms with Crippen molar-refractivity contribution in [3.63, 3.8) is 0 Å². The van der Waals surface area contributed by atoms with E-state index < -0.39 is 10.8 Å². The standard InChI is InChI=1S/C11H23NO2S/c1-4-14-11-7-10(8-11)12-9(2)5-6-15(3)13/h9-12H,4-8H2,1-3H3. The largest absolute Gasteiger partial charge is 0.378 e. The highest BCUT2D eigenvalue weighted by Crippen LogP contribution is 2.23. The Bertz CT molecular complexity index is 205. The van der Waals surface area contributed by atoms with Gasteiger partial charge in [0.2, 0.25) is 0 Å². The zero-order valence-electron chi connectivity index (χ0n) is 9.99. The number of rotatable bonds is 7. The maximum atomic E-state index is 10.9. The molecule has 4 heteroatoms. The summed E-state index contributed by atoms with van der Waals surface area (Å²) in [6.07, 6.45) is 5.50. The fourth-order valence-electron chi connectivity index (χ4n) is 1.90. The van der Waals surface area contributed by atoms with Crippen LogP contribution in [0, 0.1) is 0 Å². The second-order valence-electron chi connectivity index (χ2n) is 4.38. The first-order valence-electron chi connectivity index (χ1n) is 5.79. The van der Waals surface area contributed by atoms with Crippen LogP contribution in [-0.2, 0) is 15.5 Å². The predicted molar refractivity (Wildman–Crippen MR) is 64.6 cm³/mol. The maximum Gasteiger partial charge on any atom is 0.0604 e. The van der Waals surface area contributed by atoms with E-state index in [-0.39, 0.29) is 0 Å². The van der Waals surface area contributed by atoms with E-state index in [1.165, 1.54) is 0 Å². The lowest BCUT2D eigenvalue weighted by molar-refractivity contribution is -0.0119. The van der Waals surface area contributed by atoms with Crippen molar-refractivity contribution in [3.8, 4) is 0 Å². The van der Waals surface area contributed by atoms with Crippen molar-refractivity contribution in [2.24, 2.45) is 0 Å². The molecule has 1 N–H and O–H groups in total. The molecule has 15 heavy (non-hydrogen) atoms. The quantitative estimate of drug-likeness (QED) is 0.720. The molecule has 0 spiro atoms. The van der Waals surface area contributed by atoms with Gasteiger partial charge in [0.1, 0.15) is 0 Å². The van der Waals surface area contributed by atoms with Crippen LogP contribution >= 0.6 is 0 Å². The maximum absolute atomic E-state index is 10.9. The van der Waals surface area contributed by atoms with E-state index in [0.717, 1.165) is 31.6 Å². The van der Waals surface area contributed by atoms with Crippen LogP contribution in [0.25, 0.3) is 0 Å². The molecule has 1 saturated carbocycles. The molecule has 0 amide bonds. The zero-order chi connectivity index (χ0) is 11.3.